The monoisotopic (exact) mass is 447 g/mol. The summed E-state index contributed by atoms with van der Waals surface area (Å²) in [6, 6.07) is 13.1. The maximum absolute atomic E-state index is 12.0. The Morgan fingerprint density at radius 3 is 2.82 bits per heavy atom. The number of aliphatic hydroxyl groups excluding tert-OH is 1. The van der Waals surface area contributed by atoms with Crippen LogP contribution in [0.3, 0.4) is 0 Å². The van der Waals surface area contributed by atoms with Crippen LogP contribution in [0.1, 0.15) is 12.5 Å². The molecule has 28 heavy (non-hydrogen) atoms. The molecule has 7 nitrogen and oxygen atoms in total. The molecule has 0 saturated heterocycles. The zero-order chi connectivity index (χ0) is 19.9. The van der Waals surface area contributed by atoms with Gasteiger partial charge in [0, 0.05) is 11.4 Å². The van der Waals surface area contributed by atoms with Crippen LogP contribution in [0.15, 0.2) is 53.1 Å². The van der Waals surface area contributed by atoms with E-state index in [4.69, 9.17) is 14.6 Å². The first-order valence-corrected chi connectivity index (χ1v) is 9.72. The van der Waals surface area contributed by atoms with Crippen LogP contribution in [0.5, 0.6) is 5.75 Å². The first kappa shape index (κ1) is 20.2. The van der Waals surface area contributed by atoms with Crippen molar-refractivity contribution in [2.24, 2.45) is 0 Å². The Balaban J connectivity index is 1.62. The Kier molecular flexibility index (Phi) is 6.89. The van der Waals surface area contributed by atoms with Crippen molar-refractivity contribution in [2.45, 2.75) is 26.1 Å². The Hall–Kier alpha value is -2.58. The molecule has 8 heteroatoms. The van der Waals surface area contributed by atoms with E-state index in [9.17, 15) is 4.79 Å². The van der Waals surface area contributed by atoms with Crippen LogP contribution in [-0.2, 0) is 17.9 Å². The first-order valence-electron chi connectivity index (χ1n) is 8.93. The first-order chi connectivity index (χ1) is 13.6. The molecule has 0 fully saturated rings. The summed E-state index contributed by atoms with van der Waals surface area (Å²) in [5.74, 6) is 0.631. The van der Waals surface area contributed by atoms with Gasteiger partial charge in [0.25, 0.3) is 0 Å². The van der Waals surface area contributed by atoms with Crippen LogP contribution >= 0.6 is 15.9 Å². The van der Waals surface area contributed by atoms with Gasteiger partial charge in [-0.25, -0.2) is 4.79 Å². The number of aliphatic hydroxyl groups is 1. The second kappa shape index (κ2) is 9.57. The molecular weight excluding hydrogens is 426 g/mol. The van der Waals surface area contributed by atoms with Crippen molar-refractivity contribution in [3.8, 4) is 5.75 Å². The fourth-order valence-corrected chi connectivity index (χ4v) is 3.47. The molecule has 2 N–H and O–H groups in total. The van der Waals surface area contributed by atoms with Crippen molar-refractivity contribution in [2.75, 3.05) is 13.2 Å². The van der Waals surface area contributed by atoms with Gasteiger partial charge in [-0.2, -0.15) is 5.10 Å². The number of hydrogen-bond acceptors (Lipinski definition) is 5. The zero-order valence-electron chi connectivity index (χ0n) is 15.5. The zero-order valence-corrected chi connectivity index (χ0v) is 17.1. The number of rotatable bonds is 8. The van der Waals surface area contributed by atoms with Crippen LogP contribution in [0.2, 0.25) is 0 Å². The van der Waals surface area contributed by atoms with Gasteiger partial charge in [0.15, 0.2) is 0 Å². The van der Waals surface area contributed by atoms with Crippen LogP contribution in [0.4, 0.5) is 4.79 Å². The molecule has 0 bridgehead atoms. The lowest BCUT2D eigenvalue weighted by Gasteiger charge is -2.16. The largest absolute Gasteiger partial charge is 0.490 e. The molecule has 0 aliphatic heterocycles. The minimum absolute atomic E-state index is 0.0597. The van der Waals surface area contributed by atoms with Gasteiger partial charge in [0.2, 0.25) is 0 Å². The third-order valence-electron chi connectivity index (χ3n) is 4.08. The molecule has 0 spiro atoms. The van der Waals surface area contributed by atoms with Gasteiger partial charge in [-0.1, -0.05) is 30.3 Å². The van der Waals surface area contributed by atoms with Gasteiger partial charge in [-0.05, 0) is 40.5 Å². The molecule has 1 atom stereocenters. The number of alkyl carbamates (subject to hydrolysis) is 1. The quantitative estimate of drug-likeness (QED) is 0.551. The third kappa shape index (κ3) is 5.02. The molecule has 1 amide bonds. The van der Waals surface area contributed by atoms with E-state index in [1.54, 1.807) is 10.9 Å². The predicted octanol–water partition coefficient (Wildman–Crippen LogP) is 3.48. The van der Waals surface area contributed by atoms with E-state index >= 15 is 0 Å². The second-order valence-corrected chi connectivity index (χ2v) is 7.11. The maximum Gasteiger partial charge on any atom is 0.407 e. The maximum atomic E-state index is 12.0. The van der Waals surface area contributed by atoms with Crippen LogP contribution in [0, 0.1) is 0 Å². The summed E-state index contributed by atoms with van der Waals surface area (Å²) < 4.78 is 13.4. The predicted molar refractivity (Wildman–Crippen MR) is 109 cm³/mol. The normalized spacial score (nSPS) is 12.0. The van der Waals surface area contributed by atoms with E-state index in [0.717, 1.165) is 20.9 Å². The van der Waals surface area contributed by atoms with Crippen LogP contribution < -0.4 is 10.1 Å². The van der Waals surface area contributed by atoms with E-state index in [1.165, 1.54) is 0 Å². The summed E-state index contributed by atoms with van der Waals surface area (Å²) in [6.45, 7) is 2.73. The third-order valence-corrected chi connectivity index (χ3v) is 4.85. The number of nitrogens with zero attached hydrogens (tertiary/aromatic N) is 2. The lowest BCUT2D eigenvalue weighted by molar-refractivity contribution is 0.135. The Morgan fingerprint density at radius 2 is 2.07 bits per heavy atom. The summed E-state index contributed by atoms with van der Waals surface area (Å²) >= 11 is 3.55. The van der Waals surface area contributed by atoms with Gasteiger partial charge in [0.1, 0.15) is 19.0 Å². The number of amides is 1. The number of fused-ring (bicyclic) bond motifs is 1. The van der Waals surface area contributed by atoms with Crippen molar-refractivity contribution in [3.05, 3.63) is 58.7 Å². The van der Waals surface area contributed by atoms with Crippen molar-refractivity contribution in [3.63, 3.8) is 0 Å². The second-order valence-electron chi connectivity index (χ2n) is 6.32. The minimum atomic E-state index is -0.473. The SMILES string of the molecule is C[C@@H](Cn1ncc2ccc(OCCO)c(Br)c21)NC(=O)OCc1ccccc1. The number of ether oxygens (including phenoxy) is 2. The van der Waals surface area contributed by atoms with Crippen molar-refractivity contribution in [1.29, 1.82) is 0 Å². The summed E-state index contributed by atoms with van der Waals surface area (Å²) in [6.07, 6.45) is 1.29. The highest BCUT2D eigenvalue weighted by Gasteiger charge is 2.15. The Labute approximate surface area is 171 Å². The molecule has 1 heterocycles. The minimum Gasteiger partial charge on any atom is -0.490 e. The average Bonchev–Trinajstić information content (AvgIpc) is 3.10. The number of aromatic nitrogens is 2. The van der Waals surface area contributed by atoms with Crippen molar-refractivity contribution < 1.29 is 19.4 Å². The van der Waals surface area contributed by atoms with Crippen LogP contribution in [-0.4, -0.2) is 40.2 Å². The molecular formula is C20H22BrN3O4. The molecule has 0 unspecified atom stereocenters. The van der Waals surface area contributed by atoms with E-state index < -0.39 is 6.09 Å². The molecule has 148 valence electrons. The number of benzene rings is 2. The number of halogens is 1. The fourth-order valence-electron chi connectivity index (χ4n) is 2.79. The van der Waals surface area contributed by atoms with E-state index in [2.05, 4.69) is 26.3 Å². The van der Waals surface area contributed by atoms with E-state index in [0.29, 0.717) is 12.3 Å². The highest BCUT2D eigenvalue weighted by atomic mass is 79.9. The molecule has 3 rings (SSSR count). The van der Waals surface area contributed by atoms with Crippen molar-refractivity contribution in [1.82, 2.24) is 15.1 Å². The number of nitrogens with one attached hydrogen (secondary N) is 1. The molecule has 0 saturated carbocycles. The number of hydrogen-bond donors (Lipinski definition) is 2. The highest BCUT2D eigenvalue weighted by molar-refractivity contribution is 9.10. The molecule has 1 aromatic heterocycles. The average molecular weight is 448 g/mol. The molecule has 3 aromatic rings. The molecule has 0 radical (unpaired) electrons. The van der Waals surface area contributed by atoms with Crippen LogP contribution in [0.25, 0.3) is 10.9 Å². The molecule has 0 aliphatic carbocycles. The summed E-state index contributed by atoms with van der Waals surface area (Å²) in [5, 5.41) is 17.1. The van der Waals surface area contributed by atoms with Gasteiger partial charge in [-0.3, -0.25) is 4.68 Å². The lowest BCUT2D eigenvalue weighted by Crippen LogP contribution is -2.36. The number of carbonyl (C=O) groups excluding carboxylic acids is 1. The lowest BCUT2D eigenvalue weighted by atomic mass is 10.2. The smallest absolute Gasteiger partial charge is 0.407 e. The summed E-state index contributed by atoms with van der Waals surface area (Å²) in [5.41, 5.74) is 1.80. The van der Waals surface area contributed by atoms with E-state index in [-0.39, 0.29) is 25.9 Å². The van der Waals surface area contributed by atoms with Gasteiger partial charge in [-0.15, -0.1) is 0 Å². The molecule has 2 aromatic carbocycles. The van der Waals surface area contributed by atoms with Crippen molar-refractivity contribution >= 4 is 32.9 Å². The standard InChI is InChI=1S/C20H22BrN3O4/c1-14(23-20(26)28-13-15-5-3-2-4-6-15)12-24-19-16(11-22-24)7-8-17(18(19)21)27-10-9-25/h2-8,11,14,25H,9-10,12-13H2,1H3,(H,23,26)/t14-/m0/s1. The Bertz CT molecular complexity index is 930. The van der Waals surface area contributed by atoms with Gasteiger partial charge >= 0.3 is 6.09 Å². The summed E-state index contributed by atoms with van der Waals surface area (Å²) in [4.78, 5) is 12.0. The topological polar surface area (TPSA) is 85.6 Å². The van der Waals surface area contributed by atoms with Gasteiger partial charge < -0.3 is 19.9 Å². The van der Waals surface area contributed by atoms with E-state index in [1.807, 2.05) is 49.4 Å². The number of carbonyl (C=O) groups is 1. The van der Waals surface area contributed by atoms with Gasteiger partial charge in [0.05, 0.1) is 29.3 Å². The highest BCUT2D eigenvalue weighted by Crippen LogP contribution is 2.33. The summed E-state index contributed by atoms with van der Waals surface area (Å²) in [7, 11) is 0. The molecule has 0 aliphatic rings. The fraction of sp³-hybridized carbons (Fsp3) is 0.300. The Morgan fingerprint density at radius 1 is 1.29 bits per heavy atom.